The Morgan fingerprint density at radius 1 is 1.40 bits per heavy atom. The second-order valence-corrected chi connectivity index (χ2v) is 3.51. The van der Waals surface area contributed by atoms with E-state index in [4.69, 9.17) is 4.74 Å². The first-order valence-electron chi connectivity index (χ1n) is 4.95. The Bertz CT molecular complexity index is 339. The summed E-state index contributed by atoms with van der Waals surface area (Å²) in [6.07, 6.45) is -1.01. The minimum absolute atomic E-state index is 0.443. The van der Waals surface area contributed by atoms with E-state index in [0.717, 1.165) is 5.56 Å². The van der Waals surface area contributed by atoms with Gasteiger partial charge in [-0.15, -0.1) is 0 Å². The lowest BCUT2D eigenvalue weighted by atomic mass is 10.0. The van der Waals surface area contributed by atoms with Gasteiger partial charge >= 0.3 is 6.09 Å². The molecule has 1 aliphatic heterocycles. The van der Waals surface area contributed by atoms with E-state index in [1.54, 1.807) is 0 Å². The molecule has 4 nitrogen and oxygen atoms in total. The molecule has 2 rings (SSSR count). The van der Waals surface area contributed by atoms with Crippen LogP contribution in [-0.4, -0.2) is 23.8 Å². The van der Waals surface area contributed by atoms with Gasteiger partial charge in [0.2, 0.25) is 0 Å². The molecule has 1 saturated heterocycles. The zero-order valence-corrected chi connectivity index (χ0v) is 8.22. The van der Waals surface area contributed by atoms with Gasteiger partial charge in [-0.25, -0.2) is 4.79 Å². The van der Waals surface area contributed by atoms with E-state index in [1.165, 1.54) is 0 Å². The first-order chi connectivity index (χ1) is 7.27. The molecule has 1 fully saturated rings. The van der Waals surface area contributed by atoms with Crippen LogP contribution in [-0.2, 0) is 4.74 Å². The van der Waals surface area contributed by atoms with Crippen LogP contribution in [0.1, 0.15) is 18.1 Å². The van der Waals surface area contributed by atoms with Gasteiger partial charge in [-0.3, -0.25) is 0 Å². The van der Waals surface area contributed by atoms with E-state index >= 15 is 0 Å². The summed E-state index contributed by atoms with van der Waals surface area (Å²) in [6, 6.07) is 9.22. The number of carbonyl (C=O) groups excluding carboxylic acids is 1. The normalized spacial score (nSPS) is 22.7. The van der Waals surface area contributed by atoms with Crippen molar-refractivity contribution in [2.75, 3.05) is 6.54 Å². The molecule has 1 aliphatic rings. The summed E-state index contributed by atoms with van der Waals surface area (Å²) in [7, 11) is 0. The summed E-state index contributed by atoms with van der Waals surface area (Å²) in [4.78, 5) is 11.0. The number of carbonyl (C=O) groups is 1. The highest BCUT2D eigenvalue weighted by Gasteiger charge is 2.27. The van der Waals surface area contributed by atoms with E-state index in [0.29, 0.717) is 13.0 Å². The molecule has 4 heteroatoms. The van der Waals surface area contributed by atoms with Crippen LogP contribution in [0.5, 0.6) is 0 Å². The van der Waals surface area contributed by atoms with Crippen molar-refractivity contribution in [3.05, 3.63) is 35.9 Å². The first-order valence-corrected chi connectivity index (χ1v) is 4.95. The number of alkyl carbamates (subject to hydrolysis) is 1. The SMILES string of the molecule is O=C1NCCC(C(O)c2ccccc2)O1. The molecule has 2 atom stereocenters. The van der Waals surface area contributed by atoms with Crippen LogP contribution < -0.4 is 5.32 Å². The lowest BCUT2D eigenvalue weighted by molar-refractivity contribution is -0.0146. The van der Waals surface area contributed by atoms with Gasteiger partial charge in [0, 0.05) is 13.0 Å². The van der Waals surface area contributed by atoms with Crippen molar-refractivity contribution in [2.24, 2.45) is 0 Å². The van der Waals surface area contributed by atoms with Crippen LogP contribution in [0.4, 0.5) is 4.79 Å². The Hall–Kier alpha value is -1.55. The molecule has 1 aromatic carbocycles. The highest BCUT2D eigenvalue weighted by Crippen LogP contribution is 2.22. The van der Waals surface area contributed by atoms with Crippen molar-refractivity contribution in [1.82, 2.24) is 5.32 Å². The number of aliphatic hydroxyl groups is 1. The van der Waals surface area contributed by atoms with Gasteiger partial charge in [0.1, 0.15) is 12.2 Å². The summed E-state index contributed by atoms with van der Waals surface area (Å²) in [6.45, 7) is 0.549. The molecule has 1 aromatic rings. The van der Waals surface area contributed by atoms with Crippen LogP contribution >= 0.6 is 0 Å². The molecule has 0 spiro atoms. The first kappa shape index (κ1) is 9.98. The maximum absolute atomic E-state index is 11.0. The maximum Gasteiger partial charge on any atom is 0.407 e. The standard InChI is InChI=1S/C11H13NO3/c13-10(8-4-2-1-3-5-8)9-6-7-12-11(14)15-9/h1-5,9-10,13H,6-7H2,(H,12,14). The lowest BCUT2D eigenvalue weighted by Crippen LogP contribution is -2.40. The van der Waals surface area contributed by atoms with Crippen molar-refractivity contribution in [2.45, 2.75) is 18.6 Å². The Balaban J connectivity index is 2.07. The average Bonchev–Trinajstić information content (AvgIpc) is 2.29. The summed E-state index contributed by atoms with van der Waals surface area (Å²) in [5, 5.41) is 12.5. The zero-order chi connectivity index (χ0) is 10.7. The van der Waals surface area contributed by atoms with Crippen LogP contribution in [0.15, 0.2) is 30.3 Å². The van der Waals surface area contributed by atoms with Gasteiger partial charge in [0.05, 0.1) is 0 Å². The molecule has 0 aliphatic carbocycles. The molecule has 1 heterocycles. The van der Waals surface area contributed by atoms with Gasteiger partial charge in [-0.1, -0.05) is 30.3 Å². The maximum atomic E-state index is 11.0. The second-order valence-electron chi connectivity index (χ2n) is 3.51. The number of amides is 1. The Morgan fingerprint density at radius 2 is 2.13 bits per heavy atom. The third-order valence-electron chi connectivity index (χ3n) is 2.45. The van der Waals surface area contributed by atoms with Gasteiger partial charge in [0.25, 0.3) is 0 Å². The molecule has 80 valence electrons. The van der Waals surface area contributed by atoms with Gasteiger partial charge in [0.15, 0.2) is 0 Å². The molecule has 1 amide bonds. The van der Waals surface area contributed by atoms with Gasteiger partial charge in [-0.05, 0) is 5.56 Å². The minimum Gasteiger partial charge on any atom is -0.443 e. The number of benzene rings is 1. The number of rotatable bonds is 2. The van der Waals surface area contributed by atoms with Crippen molar-refractivity contribution in [1.29, 1.82) is 0 Å². The van der Waals surface area contributed by atoms with Crippen LogP contribution in [0.2, 0.25) is 0 Å². The highest BCUT2D eigenvalue weighted by molar-refractivity contribution is 5.68. The molecule has 2 unspecified atom stereocenters. The third-order valence-corrected chi connectivity index (χ3v) is 2.45. The van der Waals surface area contributed by atoms with Crippen LogP contribution in [0.25, 0.3) is 0 Å². The van der Waals surface area contributed by atoms with Crippen molar-refractivity contribution in [3.63, 3.8) is 0 Å². The zero-order valence-electron chi connectivity index (χ0n) is 8.22. The van der Waals surface area contributed by atoms with E-state index in [1.807, 2.05) is 30.3 Å². The molecule has 0 saturated carbocycles. The van der Waals surface area contributed by atoms with Crippen molar-refractivity contribution >= 4 is 6.09 Å². The molecular weight excluding hydrogens is 194 g/mol. The van der Waals surface area contributed by atoms with Crippen LogP contribution in [0.3, 0.4) is 0 Å². The molecule has 0 aromatic heterocycles. The van der Waals surface area contributed by atoms with Gasteiger partial charge < -0.3 is 15.2 Å². The van der Waals surface area contributed by atoms with Crippen molar-refractivity contribution in [3.8, 4) is 0 Å². The Labute approximate surface area is 87.9 Å². The molecular formula is C11H13NO3. The highest BCUT2D eigenvalue weighted by atomic mass is 16.6. The quantitative estimate of drug-likeness (QED) is 0.766. The number of ether oxygens (including phenoxy) is 1. The lowest BCUT2D eigenvalue weighted by Gasteiger charge is -2.27. The van der Waals surface area contributed by atoms with E-state index in [9.17, 15) is 9.90 Å². The monoisotopic (exact) mass is 207 g/mol. The molecule has 0 bridgehead atoms. The predicted molar refractivity (Wildman–Crippen MR) is 54.3 cm³/mol. The minimum atomic E-state index is -0.739. The summed E-state index contributed by atoms with van der Waals surface area (Å²) in [5.74, 6) is 0. The van der Waals surface area contributed by atoms with Crippen LogP contribution in [0, 0.1) is 0 Å². The van der Waals surface area contributed by atoms with E-state index in [-0.39, 0.29) is 0 Å². The summed E-state index contributed by atoms with van der Waals surface area (Å²) < 4.78 is 5.00. The third kappa shape index (κ3) is 2.27. The summed E-state index contributed by atoms with van der Waals surface area (Å²) in [5.41, 5.74) is 0.775. The summed E-state index contributed by atoms with van der Waals surface area (Å²) >= 11 is 0. The fourth-order valence-corrected chi connectivity index (χ4v) is 1.64. The number of nitrogens with one attached hydrogen (secondary N) is 1. The molecule has 0 radical (unpaired) electrons. The number of aliphatic hydroxyl groups excluding tert-OH is 1. The fraction of sp³-hybridized carbons (Fsp3) is 0.364. The van der Waals surface area contributed by atoms with E-state index in [2.05, 4.69) is 5.32 Å². The predicted octanol–water partition coefficient (Wildman–Crippen LogP) is 1.22. The van der Waals surface area contributed by atoms with Crippen molar-refractivity contribution < 1.29 is 14.6 Å². The Kier molecular flexibility index (Phi) is 2.87. The number of hydrogen-bond donors (Lipinski definition) is 2. The largest absolute Gasteiger partial charge is 0.443 e. The molecule has 15 heavy (non-hydrogen) atoms. The van der Waals surface area contributed by atoms with Gasteiger partial charge in [-0.2, -0.15) is 0 Å². The molecule has 2 N–H and O–H groups in total. The smallest absolute Gasteiger partial charge is 0.407 e. The average molecular weight is 207 g/mol. The fourth-order valence-electron chi connectivity index (χ4n) is 1.64. The Morgan fingerprint density at radius 3 is 2.80 bits per heavy atom. The number of cyclic esters (lactones) is 1. The van der Waals surface area contributed by atoms with E-state index < -0.39 is 18.3 Å². The second kappa shape index (κ2) is 4.31. The topological polar surface area (TPSA) is 58.6 Å². The number of hydrogen-bond acceptors (Lipinski definition) is 3.